The predicted octanol–water partition coefficient (Wildman–Crippen LogP) is 2.60. The van der Waals surface area contributed by atoms with Crippen LogP contribution in [0.3, 0.4) is 0 Å². The monoisotopic (exact) mass is 271 g/mol. The van der Waals surface area contributed by atoms with Gasteiger partial charge in [-0.1, -0.05) is 41.4 Å². The molecule has 1 fully saturated rings. The van der Waals surface area contributed by atoms with Gasteiger partial charge in [0, 0.05) is 13.0 Å². The Bertz CT molecular complexity index is 585. The van der Waals surface area contributed by atoms with E-state index in [9.17, 15) is 0 Å². The second kappa shape index (κ2) is 5.37. The Balaban J connectivity index is 1.77. The van der Waals surface area contributed by atoms with Crippen LogP contribution in [0.25, 0.3) is 0 Å². The molecule has 20 heavy (non-hydrogen) atoms. The zero-order valence-corrected chi connectivity index (χ0v) is 12.3. The highest BCUT2D eigenvalue weighted by molar-refractivity contribution is 5.30. The van der Waals surface area contributed by atoms with Crippen LogP contribution in [-0.4, -0.2) is 23.2 Å². The van der Waals surface area contributed by atoms with Crippen LogP contribution in [0.15, 0.2) is 22.7 Å². The Labute approximate surface area is 119 Å². The molecule has 2 unspecified atom stereocenters. The van der Waals surface area contributed by atoms with Gasteiger partial charge in [0.1, 0.15) is 0 Å². The van der Waals surface area contributed by atoms with E-state index in [0.29, 0.717) is 11.8 Å². The molecule has 106 valence electrons. The Hall–Kier alpha value is -1.68. The zero-order chi connectivity index (χ0) is 14.1. The van der Waals surface area contributed by atoms with E-state index >= 15 is 0 Å². The SMILES string of the molecule is Cc1cc(C)cc(Cc2noc(C3CNCC3C)n2)c1. The lowest BCUT2D eigenvalue weighted by molar-refractivity contribution is 0.337. The summed E-state index contributed by atoms with van der Waals surface area (Å²) in [5, 5.41) is 7.50. The Morgan fingerprint density at radius 3 is 2.60 bits per heavy atom. The zero-order valence-electron chi connectivity index (χ0n) is 12.3. The number of hydrogen-bond donors (Lipinski definition) is 1. The summed E-state index contributed by atoms with van der Waals surface area (Å²) < 4.78 is 5.45. The van der Waals surface area contributed by atoms with Crippen LogP contribution < -0.4 is 5.32 Å². The molecule has 0 saturated carbocycles. The van der Waals surface area contributed by atoms with Gasteiger partial charge >= 0.3 is 0 Å². The topological polar surface area (TPSA) is 51.0 Å². The quantitative estimate of drug-likeness (QED) is 0.932. The van der Waals surface area contributed by atoms with Crippen molar-refractivity contribution in [3.05, 3.63) is 46.6 Å². The minimum absolute atomic E-state index is 0.357. The number of nitrogens with one attached hydrogen (secondary N) is 1. The van der Waals surface area contributed by atoms with Gasteiger partial charge in [-0.2, -0.15) is 4.98 Å². The fourth-order valence-corrected chi connectivity index (χ4v) is 2.98. The minimum atomic E-state index is 0.357. The van der Waals surface area contributed by atoms with Gasteiger partial charge < -0.3 is 9.84 Å². The standard InChI is InChI=1S/C16H21N3O/c1-10-4-11(2)6-13(5-10)7-15-18-16(20-19-15)14-9-17-8-12(14)3/h4-6,12,14,17H,7-9H2,1-3H3. The molecular weight excluding hydrogens is 250 g/mol. The molecule has 1 aromatic heterocycles. The molecular formula is C16H21N3O. The summed E-state index contributed by atoms with van der Waals surface area (Å²) >= 11 is 0. The van der Waals surface area contributed by atoms with Crippen molar-refractivity contribution in [1.29, 1.82) is 0 Å². The first-order valence-corrected chi connectivity index (χ1v) is 7.22. The van der Waals surface area contributed by atoms with Crippen molar-refractivity contribution in [2.45, 2.75) is 33.1 Å². The third-order valence-electron chi connectivity index (χ3n) is 3.96. The van der Waals surface area contributed by atoms with E-state index in [0.717, 1.165) is 31.2 Å². The van der Waals surface area contributed by atoms with Gasteiger partial charge in [-0.15, -0.1) is 0 Å². The summed E-state index contributed by atoms with van der Waals surface area (Å²) in [6.07, 6.45) is 0.737. The molecule has 3 rings (SSSR count). The van der Waals surface area contributed by atoms with Crippen molar-refractivity contribution >= 4 is 0 Å². The van der Waals surface area contributed by atoms with Crippen molar-refractivity contribution in [2.24, 2.45) is 5.92 Å². The smallest absolute Gasteiger partial charge is 0.231 e. The average Bonchev–Trinajstić information content (AvgIpc) is 2.96. The van der Waals surface area contributed by atoms with Crippen LogP contribution in [0.5, 0.6) is 0 Å². The third kappa shape index (κ3) is 2.75. The highest BCUT2D eigenvalue weighted by Gasteiger charge is 2.29. The molecule has 0 amide bonds. The molecule has 2 aromatic rings. The van der Waals surface area contributed by atoms with E-state index in [2.05, 4.69) is 54.4 Å². The molecule has 0 spiro atoms. The van der Waals surface area contributed by atoms with Crippen LogP contribution in [0.4, 0.5) is 0 Å². The summed E-state index contributed by atoms with van der Waals surface area (Å²) in [5.74, 6) is 2.48. The largest absolute Gasteiger partial charge is 0.339 e. The summed E-state index contributed by atoms with van der Waals surface area (Å²) in [4.78, 5) is 4.58. The number of aromatic nitrogens is 2. The first-order valence-electron chi connectivity index (χ1n) is 7.22. The highest BCUT2D eigenvalue weighted by Crippen LogP contribution is 2.26. The third-order valence-corrected chi connectivity index (χ3v) is 3.96. The highest BCUT2D eigenvalue weighted by atomic mass is 16.5. The second-order valence-corrected chi connectivity index (χ2v) is 5.96. The maximum absolute atomic E-state index is 5.45. The average molecular weight is 271 g/mol. The van der Waals surface area contributed by atoms with Gasteiger partial charge in [-0.3, -0.25) is 0 Å². The molecule has 1 aliphatic rings. The van der Waals surface area contributed by atoms with Crippen molar-refractivity contribution in [3.8, 4) is 0 Å². The maximum atomic E-state index is 5.45. The first kappa shape index (κ1) is 13.3. The summed E-state index contributed by atoms with van der Waals surface area (Å²) in [6.45, 7) is 8.42. The lowest BCUT2D eigenvalue weighted by atomic mass is 9.98. The van der Waals surface area contributed by atoms with Gasteiger partial charge in [-0.25, -0.2) is 0 Å². The van der Waals surface area contributed by atoms with E-state index in [1.165, 1.54) is 16.7 Å². The molecule has 1 aliphatic heterocycles. The second-order valence-electron chi connectivity index (χ2n) is 5.96. The molecule has 1 N–H and O–H groups in total. The molecule has 2 atom stereocenters. The number of nitrogens with zero attached hydrogens (tertiary/aromatic N) is 2. The minimum Gasteiger partial charge on any atom is -0.339 e. The number of hydrogen-bond acceptors (Lipinski definition) is 4. The van der Waals surface area contributed by atoms with Gasteiger partial charge in [0.25, 0.3) is 0 Å². The maximum Gasteiger partial charge on any atom is 0.231 e. The molecule has 2 heterocycles. The number of benzene rings is 1. The molecule has 0 aliphatic carbocycles. The Kier molecular flexibility index (Phi) is 3.57. The lowest BCUT2D eigenvalue weighted by Crippen LogP contribution is -2.08. The Morgan fingerprint density at radius 1 is 1.20 bits per heavy atom. The van der Waals surface area contributed by atoms with E-state index < -0.39 is 0 Å². The summed E-state index contributed by atoms with van der Waals surface area (Å²) in [5.41, 5.74) is 3.79. The molecule has 1 aromatic carbocycles. The fourth-order valence-electron chi connectivity index (χ4n) is 2.98. The van der Waals surface area contributed by atoms with Crippen molar-refractivity contribution in [3.63, 3.8) is 0 Å². The van der Waals surface area contributed by atoms with Crippen LogP contribution in [0.1, 0.15) is 41.2 Å². The first-order chi connectivity index (χ1) is 9.61. The molecule has 1 saturated heterocycles. The normalized spacial score (nSPS) is 22.4. The molecule has 4 heteroatoms. The van der Waals surface area contributed by atoms with E-state index in [4.69, 9.17) is 4.52 Å². The van der Waals surface area contributed by atoms with Crippen molar-refractivity contribution < 1.29 is 4.52 Å². The number of rotatable bonds is 3. The lowest BCUT2D eigenvalue weighted by Gasteiger charge is -2.07. The molecule has 0 radical (unpaired) electrons. The fraction of sp³-hybridized carbons (Fsp3) is 0.500. The Morgan fingerprint density at radius 2 is 1.95 bits per heavy atom. The number of aryl methyl sites for hydroxylation is 2. The van der Waals surface area contributed by atoms with E-state index in [1.54, 1.807) is 0 Å². The van der Waals surface area contributed by atoms with Crippen LogP contribution >= 0.6 is 0 Å². The van der Waals surface area contributed by atoms with Gasteiger partial charge in [-0.05, 0) is 31.9 Å². The van der Waals surface area contributed by atoms with Crippen molar-refractivity contribution in [1.82, 2.24) is 15.5 Å². The van der Waals surface area contributed by atoms with E-state index in [1.807, 2.05) is 0 Å². The van der Waals surface area contributed by atoms with Crippen LogP contribution in [-0.2, 0) is 6.42 Å². The predicted molar refractivity (Wildman–Crippen MR) is 77.8 cm³/mol. The van der Waals surface area contributed by atoms with Gasteiger partial charge in [0.15, 0.2) is 5.82 Å². The van der Waals surface area contributed by atoms with Crippen molar-refractivity contribution in [2.75, 3.05) is 13.1 Å². The van der Waals surface area contributed by atoms with Gasteiger partial charge in [0.05, 0.1) is 5.92 Å². The van der Waals surface area contributed by atoms with Crippen LogP contribution in [0, 0.1) is 19.8 Å². The summed E-state index contributed by atoms with van der Waals surface area (Å²) in [7, 11) is 0. The molecule has 4 nitrogen and oxygen atoms in total. The van der Waals surface area contributed by atoms with E-state index in [-0.39, 0.29) is 0 Å². The van der Waals surface area contributed by atoms with Crippen LogP contribution in [0.2, 0.25) is 0 Å². The van der Waals surface area contributed by atoms with Gasteiger partial charge in [0.2, 0.25) is 5.89 Å². The molecule has 0 bridgehead atoms. The summed E-state index contributed by atoms with van der Waals surface area (Å²) in [6, 6.07) is 6.54.